The van der Waals surface area contributed by atoms with Crippen LogP contribution in [0.3, 0.4) is 0 Å². The van der Waals surface area contributed by atoms with E-state index in [4.69, 9.17) is 0 Å². The van der Waals surface area contributed by atoms with E-state index >= 15 is 0 Å². The second-order valence-corrected chi connectivity index (χ2v) is 9.43. The number of likely N-dealkylation sites (tertiary alicyclic amines) is 1. The van der Waals surface area contributed by atoms with Crippen LogP contribution in [0.1, 0.15) is 13.3 Å². The predicted octanol–water partition coefficient (Wildman–Crippen LogP) is 2.35. The third kappa shape index (κ3) is 4.40. The number of piperazine rings is 1. The van der Waals surface area contributed by atoms with E-state index in [2.05, 4.69) is 22.1 Å². The van der Waals surface area contributed by atoms with Crippen molar-refractivity contribution in [1.29, 1.82) is 0 Å². The third-order valence-corrected chi connectivity index (χ3v) is 7.25. The minimum absolute atomic E-state index is 0.0379. The van der Waals surface area contributed by atoms with Crippen molar-refractivity contribution in [2.75, 3.05) is 55.7 Å². The van der Waals surface area contributed by atoms with Gasteiger partial charge in [-0.05, 0) is 49.4 Å². The number of nitrogens with one attached hydrogen (secondary N) is 1. The number of carbonyl (C=O) groups excluding carboxylic acids is 2. The highest BCUT2D eigenvalue weighted by Crippen LogP contribution is 2.33. The molecule has 7 nitrogen and oxygen atoms in total. The van der Waals surface area contributed by atoms with E-state index in [0.29, 0.717) is 39.3 Å². The van der Waals surface area contributed by atoms with Crippen molar-refractivity contribution in [3.63, 3.8) is 0 Å². The van der Waals surface area contributed by atoms with Crippen LogP contribution in [0, 0.1) is 17.7 Å². The number of fused-ring (bicyclic) bond motifs is 1. The molecule has 180 valence electrons. The van der Waals surface area contributed by atoms with Crippen molar-refractivity contribution in [2.45, 2.75) is 19.4 Å². The molecule has 3 aliphatic rings. The zero-order chi connectivity index (χ0) is 23.7. The number of anilines is 2. The molecule has 5 rings (SSSR count). The Kier molecular flexibility index (Phi) is 6.52. The Labute approximate surface area is 200 Å². The third-order valence-electron chi connectivity index (χ3n) is 7.25. The predicted molar refractivity (Wildman–Crippen MR) is 130 cm³/mol. The van der Waals surface area contributed by atoms with Gasteiger partial charge in [0.05, 0.1) is 23.6 Å². The van der Waals surface area contributed by atoms with Gasteiger partial charge in [-0.2, -0.15) is 0 Å². The standard InChI is InChI=1S/C26H32FN5O2/c1-2-12-29-17-22(24-23(18-29)26(34)32(28-24)21-6-4-3-5-7-21)25(33)31-15-13-30(14-16-31)20-10-8-19(27)9-11-20/h3-11,22-24,28H,2,12-18H2,1H3. The molecule has 0 radical (unpaired) electrons. The first-order chi connectivity index (χ1) is 16.5. The lowest BCUT2D eigenvalue weighted by Crippen LogP contribution is -2.59. The van der Waals surface area contributed by atoms with Crippen LogP contribution in [0.5, 0.6) is 0 Å². The van der Waals surface area contributed by atoms with Crippen molar-refractivity contribution in [2.24, 2.45) is 11.8 Å². The molecular weight excluding hydrogens is 433 g/mol. The monoisotopic (exact) mass is 465 g/mol. The number of para-hydroxylation sites is 1. The molecule has 0 aromatic heterocycles. The molecule has 0 saturated carbocycles. The van der Waals surface area contributed by atoms with Crippen LogP contribution in [-0.2, 0) is 9.59 Å². The molecule has 34 heavy (non-hydrogen) atoms. The highest BCUT2D eigenvalue weighted by Gasteiger charge is 2.51. The number of nitrogens with zero attached hydrogens (tertiary/aromatic N) is 4. The summed E-state index contributed by atoms with van der Waals surface area (Å²) in [4.78, 5) is 33.5. The van der Waals surface area contributed by atoms with Crippen molar-refractivity contribution in [3.8, 4) is 0 Å². The average molecular weight is 466 g/mol. The first kappa shape index (κ1) is 22.8. The Bertz CT molecular complexity index is 1010. The van der Waals surface area contributed by atoms with Gasteiger partial charge in [0.1, 0.15) is 5.82 Å². The molecule has 2 amide bonds. The zero-order valence-corrected chi connectivity index (χ0v) is 19.6. The van der Waals surface area contributed by atoms with Gasteiger partial charge in [0.2, 0.25) is 11.8 Å². The summed E-state index contributed by atoms with van der Waals surface area (Å²) in [5.41, 5.74) is 5.18. The quantitative estimate of drug-likeness (QED) is 0.735. The fraction of sp³-hybridized carbons (Fsp3) is 0.462. The van der Waals surface area contributed by atoms with Crippen LogP contribution >= 0.6 is 0 Å². The molecular formula is C26H32FN5O2. The highest BCUT2D eigenvalue weighted by atomic mass is 19.1. The largest absolute Gasteiger partial charge is 0.368 e. The van der Waals surface area contributed by atoms with E-state index < -0.39 is 0 Å². The van der Waals surface area contributed by atoms with Gasteiger partial charge >= 0.3 is 0 Å². The van der Waals surface area contributed by atoms with E-state index in [-0.39, 0.29) is 35.5 Å². The van der Waals surface area contributed by atoms with Crippen molar-refractivity contribution in [3.05, 3.63) is 60.4 Å². The average Bonchev–Trinajstić information content (AvgIpc) is 3.21. The lowest BCUT2D eigenvalue weighted by atomic mass is 9.83. The smallest absolute Gasteiger partial charge is 0.247 e. The Morgan fingerprint density at radius 2 is 1.68 bits per heavy atom. The van der Waals surface area contributed by atoms with Gasteiger partial charge in [-0.3, -0.25) is 9.59 Å². The molecule has 1 N–H and O–H groups in total. The summed E-state index contributed by atoms with van der Waals surface area (Å²) in [7, 11) is 0. The second kappa shape index (κ2) is 9.72. The molecule has 0 spiro atoms. The second-order valence-electron chi connectivity index (χ2n) is 9.43. The number of rotatable bonds is 5. The molecule has 8 heteroatoms. The molecule has 3 atom stereocenters. The van der Waals surface area contributed by atoms with Crippen LogP contribution in [0.2, 0.25) is 0 Å². The number of carbonyl (C=O) groups is 2. The molecule has 2 aromatic carbocycles. The molecule has 0 aliphatic carbocycles. The normalized spacial score (nSPS) is 25.5. The van der Waals surface area contributed by atoms with Gasteiger partial charge in [0.15, 0.2) is 0 Å². The number of piperidine rings is 1. The summed E-state index contributed by atoms with van der Waals surface area (Å²) in [6, 6.07) is 15.9. The van der Waals surface area contributed by atoms with E-state index in [1.807, 2.05) is 35.2 Å². The Morgan fingerprint density at radius 3 is 2.35 bits per heavy atom. The SMILES string of the molecule is CCCN1CC(C(=O)N2CCN(c3ccc(F)cc3)CC2)C2NN(c3ccccc3)C(=O)C2C1. The van der Waals surface area contributed by atoms with Crippen LogP contribution in [0.15, 0.2) is 54.6 Å². The van der Waals surface area contributed by atoms with Gasteiger partial charge in [0.25, 0.3) is 0 Å². The fourth-order valence-electron chi connectivity index (χ4n) is 5.51. The Balaban J connectivity index is 1.30. The summed E-state index contributed by atoms with van der Waals surface area (Å²) in [6.07, 6.45) is 0.985. The molecule has 3 saturated heterocycles. The molecule has 2 aromatic rings. The van der Waals surface area contributed by atoms with E-state index in [9.17, 15) is 14.0 Å². The minimum atomic E-state index is -0.277. The summed E-state index contributed by atoms with van der Waals surface area (Å²) in [5.74, 6) is -0.611. The summed E-state index contributed by atoms with van der Waals surface area (Å²) in [6.45, 7) is 7.00. The molecule has 3 unspecified atom stereocenters. The maximum absolute atomic E-state index is 13.7. The Morgan fingerprint density at radius 1 is 0.971 bits per heavy atom. The van der Waals surface area contributed by atoms with Crippen LogP contribution < -0.4 is 15.3 Å². The van der Waals surface area contributed by atoms with Crippen LogP contribution in [-0.4, -0.2) is 73.5 Å². The lowest BCUT2D eigenvalue weighted by molar-refractivity contribution is -0.140. The first-order valence-corrected chi connectivity index (χ1v) is 12.2. The van der Waals surface area contributed by atoms with Gasteiger partial charge in [0, 0.05) is 45.0 Å². The molecule has 3 fully saturated rings. The first-order valence-electron chi connectivity index (χ1n) is 12.2. The van der Waals surface area contributed by atoms with Crippen LogP contribution in [0.25, 0.3) is 0 Å². The van der Waals surface area contributed by atoms with Crippen molar-refractivity contribution in [1.82, 2.24) is 15.2 Å². The zero-order valence-electron chi connectivity index (χ0n) is 19.6. The number of amides is 2. The minimum Gasteiger partial charge on any atom is -0.368 e. The lowest BCUT2D eigenvalue weighted by Gasteiger charge is -2.42. The van der Waals surface area contributed by atoms with E-state index in [1.165, 1.54) is 12.1 Å². The topological polar surface area (TPSA) is 59.1 Å². The van der Waals surface area contributed by atoms with Crippen molar-refractivity contribution < 1.29 is 14.0 Å². The van der Waals surface area contributed by atoms with E-state index in [1.54, 1.807) is 17.1 Å². The van der Waals surface area contributed by atoms with Gasteiger partial charge in [-0.15, -0.1) is 0 Å². The maximum Gasteiger partial charge on any atom is 0.247 e. The van der Waals surface area contributed by atoms with Crippen LogP contribution in [0.4, 0.5) is 15.8 Å². The number of hydrogen-bond donors (Lipinski definition) is 1. The Hall–Kier alpha value is -2.97. The number of hydrazine groups is 1. The van der Waals surface area contributed by atoms with Gasteiger partial charge < -0.3 is 14.7 Å². The van der Waals surface area contributed by atoms with Crippen molar-refractivity contribution >= 4 is 23.2 Å². The number of hydrogen-bond acceptors (Lipinski definition) is 5. The fourth-order valence-corrected chi connectivity index (χ4v) is 5.51. The number of halogens is 1. The summed E-state index contributed by atoms with van der Waals surface area (Å²) >= 11 is 0. The van der Waals surface area contributed by atoms with E-state index in [0.717, 1.165) is 24.3 Å². The van der Waals surface area contributed by atoms with Gasteiger partial charge in [-0.25, -0.2) is 14.8 Å². The maximum atomic E-state index is 13.7. The van der Waals surface area contributed by atoms with Gasteiger partial charge in [-0.1, -0.05) is 25.1 Å². The highest BCUT2D eigenvalue weighted by molar-refractivity contribution is 5.98. The molecule has 3 heterocycles. The molecule has 0 bridgehead atoms. The number of benzene rings is 2. The molecule has 3 aliphatic heterocycles. The summed E-state index contributed by atoms with van der Waals surface area (Å²) < 4.78 is 13.3. The summed E-state index contributed by atoms with van der Waals surface area (Å²) in [5, 5.41) is 1.64.